The Hall–Kier alpha value is -0.550. The highest BCUT2D eigenvalue weighted by molar-refractivity contribution is 4.88. The van der Waals surface area contributed by atoms with Gasteiger partial charge in [-0.05, 0) is 18.8 Å². The van der Waals surface area contributed by atoms with Crippen molar-refractivity contribution in [1.29, 1.82) is 5.26 Å². The molecule has 2 unspecified atom stereocenters. The van der Waals surface area contributed by atoms with Gasteiger partial charge in [-0.15, -0.1) is 0 Å². The van der Waals surface area contributed by atoms with E-state index in [4.69, 9.17) is 5.26 Å². The monoisotopic (exact) mass is 236 g/mol. The molecule has 2 atom stereocenters. The summed E-state index contributed by atoms with van der Waals surface area (Å²) in [5.74, 6) is 1.96. The van der Waals surface area contributed by atoms with Crippen molar-refractivity contribution in [2.75, 3.05) is 19.6 Å². The molecule has 0 amide bonds. The van der Waals surface area contributed by atoms with E-state index in [1.165, 1.54) is 45.2 Å². The van der Waals surface area contributed by atoms with E-state index in [0.29, 0.717) is 0 Å². The Bertz CT molecular complexity index is 238. The number of rotatable bonds is 8. The van der Waals surface area contributed by atoms with Crippen molar-refractivity contribution in [3.63, 3.8) is 0 Å². The van der Waals surface area contributed by atoms with E-state index in [0.717, 1.165) is 18.4 Å². The van der Waals surface area contributed by atoms with Crippen molar-refractivity contribution >= 4 is 0 Å². The molecule has 98 valence electrons. The van der Waals surface area contributed by atoms with Gasteiger partial charge >= 0.3 is 0 Å². The molecular formula is C15H28N2. The van der Waals surface area contributed by atoms with Gasteiger partial charge in [0.1, 0.15) is 0 Å². The summed E-state index contributed by atoms with van der Waals surface area (Å²) in [5, 5.41) is 8.77. The van der Waals surface area contributed by atoms with Crippen LogP contribution in [0.1, 0.15) is 52.9 Å². The standard InChI is InChI=1S/C15H28N2/c1-4-5-6-7-8-14(3)15-11-17(12-15)10-13(2)9-16/h13-15H,4-8,10-12H2,1-3H3. The summed E-state index contributed by atoms with van der Waals surface area (Å²) in [6.45, 7) is 10.1. The van der Waals surface area contributed by atoms with Crippen LogP contribution in [-0.4, -0.2) is 24.5 Å². The lowest BCUT2D eigenvalue weighted by Gasteiger charge is -2.43. The number of unbranched alkanes of at least 4 members (excludes halogenated alkanes) is 3. The van der Waals surface area contributed by atoms with Gasteiger partial charge in [0, 0.05) is 19.6 Å². The van der Waals surface area contributed by atoms with Crippen LogP contribution in [0.25, 0.3) is 0 Å². The van der Waals surface area contributed by atoms with E-state index < -0.39 is 0 Å². The predicted molar refractivity (Wildman–Crippen MR) is 72.6 cm³/mol. The highest BCUT2D eigenvalue weighted by Gasteiger charge is 2.31. The maximum absolute atomic E-state index is 8.77. The number of hydrogen-bond donors (Lipinski definition) is 0. The Kier molecular flexibility index (Phi) is 6.58. The second-order valence-electron chi connectivity index (χ2n) is 5.84. The van der Waals surface area contributed by atoms with Crippen LogP contribution in [0.2, 0.25) is 0 Å². The summed E-state index contributed by atoms with van der Waals surface area (Å²) in [4.78, 5) is 2.43. The van der Waals surface area contributed by atoms with Crippen LogP contribution in [0.3, 0.4) is 0 Å². The largest absolute Gasteiger partial charge is 0.301 e. The molecule has 2 heteroatoms. The zero-order valence-corrected chi connectivity index (χ0v) is 11.8. The van der Waals surface area contributed by atoms with Crippen LogP contribution in [-0.2, 0) is 0 Å². The minimum Gasteiger partial charge on any atom is -0.301 e. The zero-order valence-electron chi connectivity index (χ0n) is 11.8. The van der Waals surface area contributed by atoms with Crippen molar-refractivity contribution in [3.8, 4) is 6.07 Å². The van der Waals surface area contributed by atoms with Gasteiger partial charge < -0.3 is 4.90 Å². The van der Waals surface area contributed by atoms with Crippen molar-refractivity contribution < 1.29 is 0 Å². The molecule has 1 fully saturated rings. The molecule has 0 N–H and O–H groups in total. The fourth-order valence-electron chi connectivity index (χ4n) is 2.68. The Morgan fingerprint density at radius 1 is 1.24 bits per heavy atom. The summed E-state index contributed by atoms with van der Waals surface area (Å²) >= 11 is 0. The number of hydrogen-bond acceptors (Lipinski definition) is 2. The summed E-state index contributed by atoms with van der Waals surface area (Å²) in [5.41, 5.74) is 0. The zero-order chi connectivity index (χ0) is 12.7. The van der Waals surface area contributed by atoms with Gasteiger partial charge in [0.25, 0.3) is 0 Å². The van der Waals surface area contributed by atoms with Gasteiger partial charge in [0.15, 0.2) is 0 Å². The molecule has 17 heavy (non-hydrogen) atoms. The van der Waals surface area contributed by atoms with Crippen LogP contribution in [0.15, 0.2) is 0 Å². The van der Waals surface area contributed by atoms with Crippen LogP contribution in [0.4, 0.5) is 0 Å². The molecule has 0 aromatic rings. The van der Waals surface area contributed by atoms with Crippen molar-refractivity contribution in [2.24, 2.45) is 17.8 Å². The summed E-state index contributed by atoms with van der Waals surface area (Å²) in [6.07, 6.45) is 6.93. The van der Waals surface area contributed by atoms with Crippen LogP contribution < -0.4 is 0 Å². The van der Waals surface area contributed by atoms with Crippen molar-refractivity contribution in [2.45, 2.75) is 52.9 Å². The van der Waals surface area contributed by atoms with Gasteiger partial charge in [0.05, 0.1) is 12.0 Å². The molecule has 2 nitrogen and oxygen atoms in total. The van der Waals surface area contributed by atoms with E-state index in [1.807, 2.05) is 6.92 Å². The van der Waals surface area contributed by atoms with E-state index in [1.54, 1.807) is 0 Å². The molecule has 1 rings (SSSR count). The number of nitriles is 1. The minimum atomic E-state index is 0.191. The molecule has 0 aromatic carbocycles. The molecule has 1 aliphatic heterocycles. The van der Waals surface area contributed by atoms with Gasteiger partial charge in [-0.25, -0.2) is 0 Å². The lowest BCUT2D eigenvalue weighted by molar-refractivity contribution is 0.0527. The first-order chi connectivity index (χ1) is 8.17. The van der Waals surface area contributed by atoms with Gasteiger partial charge in [0.2, 0.25) is 0 Å². The molecule has 0 aliphatic carbocycles. The second-order valence-corrected chi connectivity index (χ2v) is 5.84. The summed E-state index contributed by atoms with van der Waals surface area (Å²) in [6, 6.07) is 2.31. The topological polar surface area (TPSA) is 27.0 Å². The lowest BCUT2D eigenvalue weighted by Crippen LogP contribution is -2.50. The van der Waals surface area contributed by atoms with Gasteiger partial charge in [-0.3, -0.25) is 0 Å². The van der Waals surface area contributed by atoms with Crippen LogP contribution in [0.5, 0.6) is 0 Å². The molecule has 1 heterocycles. The SMILES string of the molecule is CCCCCCC(C)C1CN(CC(C)C#N)C1. The highest BCUT2D eigenvalue weighted by atomic mass is 15.2. The Balaban J connectivity index is 2.05. The summed E-state index contributed by atoms with van der Waals surface area (Å²) < 4.78 is 0. The quantitative estimate of drug-likeness (QED) is 0.601. The number of likely N-dealkylation sites (tertiary alicyclic amines) is 1. The van der Waals surface area contributed by atoms with E-state index >= 15 is 0 Å². The third-order valence-electron chi connectivity index (χ3n) is 4.06. The molecular weight excluding hydrogens is 208 g/mol. The van der Waals surface area contributed by atoms with Crippen LogP contribution in [0, 0.1) is 29.1 Å². The first kappa shape index (κ1) is 14.5. The third kappa shape index (κ3) is 5.08. The lowest BCUT2D eigenvalue weighted by atomic mass is 9.83. The summed E-state index contributed by atoms with van der Waals surface area (Å²) in [7, 11) is 0. The maximum Gasteiger partial charge on any atom is 0.0666 e. The molecule has 0 radical (unpaired) electrons. The van der Waals surface area contributed by atoms with Crippen LogP contribution >= 0.6 is 0 Å². The fraction of sp³-hybridized carbons (Fsp3) is 0.933. The van der Waals surface area contributed by atoms with E-state index in [9.17, 15) is 0 Å². The predicted octanol–water partition coefficient (Wildman–Crippen LogP) is 3.68. The molecule has 1 aliphatic rings. The van der Waals surface area contributed by atoms with E-state index in [2.05, 4.69) is 24.8 Å². The smallest absolute Gasteiger partial charge is 0.0666 e. The first-order valence-electron chi connectivity index (χ1n) is 7.29. The van der Waals surface area contributed by atoms with Crippen molar-refractivity contribution in [1.82, 2.24) is 4.90 Å². The normalized spacial score (nSPS) is 20.6. The van der Waals surface area contributed by atoms with Crippen molar-refractivity contribution in [3.05, 3.63) is 0 Å². The Morgan fingerprint density at radius 3 is 2.53 bits per heavy atom. The Morgan fingerprint density at radius 2 is 1.94 bits per heavy atom. The molecule has 0 saturated carbocycles. The van der Waals surface area contributed by atoms with E-state index in [-0.39, 0.29) is 5.92 Å². The second kappa shape index (κ2) is 7.71. The molecule has 0 bridgehead atoms. The molecule has 0 aromatic heterocycles. The number of nitrogens with zero attached hydrogens (tertiary/aromatic N) is 2. The van der Waals surface area contributed by atoms with Gasteiger partial charge in [-0.1, -0.05) is 46.0 Å². The highest BCUT2D eigenvalue weighted by Crippen LogP contribution is 2.28. The molecule has 1 saturated heterocycles. The fourth-order valence-corrected chi connectivity index (χ4v) is 2.68. The van der Waals surface area contributed by atoms with Gasteiger partial charge in [-0.2, -0.15) is 5.26 Å². The average Bonchev–Trinajstić information content (AvgIpc) is 2.28. The Labute approximate surface area is 107 Å². The maximum atomic E-state index is 8.77. The first-order valence-corrected chi connectivity index (χ1v) is 7.29. The third-order valence-corrected chi connectivity index (χ3v) is 4.06. The molecule has 0 spiro atoms. The minimum absolute atomic E-state index is 0.191. The average molecular weight is 236 g/mol.